The highest BCUT2D eigenvalue weighted by molar-refractivity contribution is 7.89. The summed E-state index contributed by atoms with van der Waals surface area (Å²) in [4.78, 5) is 0.297. The molecule has 0 aromatic heterocycles. The summed E-state index contributed by atoms with van der Waals surface area (Å²) >= 11 is 0. The molecule has 2 aromatic rings. The zero-order chi connectivity index (χ0) is 24.7. The molecule has 0 amide bonds. The van der Waals surface area contributed by atoms with E-state index in [-0.39, 0.29) is 12.1 Å². The summed E-state index contributed by atoms with van der Waals surface area (Å²) in [6.45, 7) is 6.61. The van der Waals surface area contributed by atoms with Crippen molar-refractivity contribution in [1.82, 2.24) is 4.72 Å². The molecule has 0 aliphatic carbocycles. The number of hydrogen-bond acceptors (Lipinski definition) is 3. The van der Waals surface area contributed by atoms with Gasteiger partial charge in [-0.2, -0.15) is 0 Å². The molecule has 34 heavy (non-hydrogen) atoms. The quantitative estimate of drug-likeness (QED) is 0.221. The van der Waals surface area contributed by atoms with Crippen LogP contribution in [0.15, 0.2) is 59.5 Å². The Morgan fingerprint density at radius 1 is 0.794 bits per heavy atom. The summed E-state index contributed by atoms with van der Waals surface area (Å²) in [7, 11) is -3.59. The molecule has 0 aliphatic rings. The number of aryl methyl sites for hydroxylation is 1. The van der Waals surface area contributed by atoms with Gasteiger partial charge in [-0.25, -0.2) is 13.1 Å². The maximum atomic E-state index is 12.9. The maximum absolute atomic E-state index is 12.9. The van der Waals surface area contributed by atoms with Crippen molar-refractivity contribution in [1.29, 1.82) is 0 Å². The van der Waals surface area contributed by atoms with Gasteiger partial charge in [0.2, 0.25) is 10.0 Å². The van der Waals surface area contributed by atoms with Gasteiger partial charge in [-0.05, 0) is 38.0 Å². The second kappa shape index (κ2) is 16.1. The highest BCUT2D eigenvalue weighted by atomic mass is 32.2. The third-order valence-electron chi connectivity index (χ3n) is 6.38. The lowest BCUT2D eigenvalue weighted by Crippen LogP contribution is -2.42. The first-order valence-corrected chi connectivity index (χ1v) is 14.6. The molecule has 0 unspecified atom stereocenters. The minimum Gasteiger partial charge on any atom is -0.372 e. The SMILES string of the molecule is CCCCCCCCCCCC[C@@H](OCc1ccccc1)[C@H](C)NS(=O)(=O)c1ccc(C)cc1. The molecule has 1 N–H and O–H groups in total. The third kappa shape index (κ3) is 11.2. The molecule has 0 saturated carbocycles. The van der Waals surface area contributed by atoms with Gasteiger partial charge in [0.15, 0.2) is 0 Å². The first kappa shape index (κ1) is 28.5. The minimum absolute atomic E-state index is 0.172. The van der Waals surface area contributed by atoms with Crippen molar-refractivity contribution in [2.24, 2.45) is 0 Å². The van der Waals surface area contributed by atoms with Crippen molar-refractivity contribution in [2.45, 2.75) is 115 Å². The molecule has 5 heteroatoms. The summed E-state index contributed by atoms with van der Waals surface area (Å²) in [6.07, 6.45) is 13.5. The zero-order valence-corrected chi connectivity index (χ0v) is 22.3. The van der Waals surface area contributed by atoms with E-state index in [1.807, 2.05) is 56.3 Å². The van der Waals surface area contributed by atoms with Crippen LogP contribution >= 0.6 is 0 Å². The van der Waals surface area contributed by atoms with E-state index in [1.165, 1.54) is 51.4 Å². The van der Waals surface area contributed by atoms with Crippen molar-refractivity contribution < 1.29 is 13.2 Å². The van der Waals surface area contributed by atoms with Gasteiger partial charge in [-0.1, -0.05) is 119 Å². The molecule has 0 heterocycles. The zero-order valence-electron chi connectivity index (χ0n) is 21.5. The van der Waals surface area contributed by atoms with Crippen molar-refractivity contribution in [3.63, 3.8) is 0 Å². The lowest BCUT2D eigenvalue weighted by Gasteiger charge is -2.25. The van der Waals surface area contributed by atoms with Crippen LogP contribution in [0, 0.1) is 6.92 Å². The fourth-order valence-corrected chi connectivity index (χ4v) is 5.47. The van der Waals surface area contributed by atoms with Crippen LogP contribution in [-0.4, -0.2) is 20.6 Å². The van der Waals surface area contributed by atoms with E-state index in [1.54, 1.807) is 12.1 Å². The topological polar surface area (TPSA) is 55.4 Å². The highest BCUT2D eigenvalue weighted by Gasteiger charge is 2.24. The number of unbranched alkanes of at least 4 members (excludes halogenated alkanes) is 9. The van der Waals surface area contributed by atoms with Crippen molar-refractivity contribution in [3.05, 3.63) is 65.7 Å². The van der Waals surface area contributed by atoms with Crippen LogP contribution in [0.4, 0.5) is 0 Å². The molecule has 190 valence electrons. The predicted octanol–water partition coefficient (Wildman–Crippen LogP) is 7.56. The lowest BCUT2D eigenvalue weighted by atomic mass is 10.0. The number of hydrogen-bond donors (Lipinski definition) is 1. The summed E-state index contributed by atoms with van der Waals surface area (Å²) in [5.74, 6) is 0. The fourth-order valence-electron chi connectivity index (χ4n) is 4.19. The Labute approximate surface area is 208 Å². The number of rotatable bonds is 18. The molecular weight excluding hydrogens is 442 g/mol. The predicted molar refractivity (Wildman–Crippen MR) is 142 cm³/mol. The summed E-state index contributed by atoms with van der Waals surface area (Å²) < 4.78 is 34.9. The number of benzene rings is 2. The van der Waals surface area contributed by atoms with E-state index in [0.717, 1.165) is 30.4 Å². The first-order chi connectivity index (χ1) is 16.4. The van der Waals surface area contributed by atoms with Gasteiger partial charge in [0, 0.05) is 6.04 Å². The summed E-state index contributed by atoms with van der Waals surface area (Å²) in [5.41, 5.74) is 2.14. The van der Waals surface area contributed by atoms with Gasteiger partial charge in [0.25, 0.3) is 0 Å². The Balaban J connectivity index is 1.85. The van der Waals surface area contributed by atoms with Gasteiger partial charge in [-0.15, -0.1) is 0 Å². The molecule has 0 fully saturated rings. The van der Waals surface area contributed by atoms with E-state index in [9.17, 15) is 8.42 Å². The van der Waals surface area contributed by atoms with E-state index in [4.69, 9.17) is 4.74 Å². The van der Waals surface area contributed by atoms with Crippen LogP contribution in [0.2, 0.25) is 0 Å². The average molecular weight is 488 g/mol. The fraction of sp³-hybridized carbons (Fsp3) is 0.586. The van der Waals surface area contributed by atoms with E-state index in [2.05, 4.69) is 11.6 Å². The smallest absolute Gasteiger partial charge is 0.240 e. The maximum Gasteiger partial charge on any atom is 0.240 e. The Morgan fingerprint density at radius 3 is 1.94 bits per heavy atom. The highest BCUT2D eigenvalue weighted by Crippen LogP contribution is 2.18. The van der Waals surface area contributed by atoms with Gasteiger partial charge >= 0.3 is 0 Å². The van der Waals surface area contributed by atoms with Crippen LogP contribution in [0.25, 0.3) is 0 Å². The Morgan fingerprint density at radius 2 is 1.35 bits per heavy atom. The van der Waals surface area contributed by atoms with Gasteiger partial charge < -0.3 is 4.74 Å². The molecule has 0 bridgehead atoms. The molecule has 0 aliphatic heterocycles. The largest absolute Gasteiger partial charge is 0.372 e. The van der Waals surface area contributed by atoms with Gasteiger partial charge in [-0.3, -0.25) is 0 Å². The monoisotopic (exact) mass is 487 g/mol. The van der Waals surface area contributed by atoms with E-state index in [0.29, 0.717) is 11.5 Å². The van der Waals surface area contributed by atoms with Crippen molar-refractivity contribution in [3.8, 4) is 0 Å². The third-order valence-corrected chi connectivity index (χ3v) is 7.95. The van der Waals surface area contributed by atoms with Crippen molar-refractivity contribution >= 4 is 10.0 Å². The standard InChI is InChI=1S/C29H45NO3S/c1-4-5-6-7-8-9-10-11-12-16-19-29(33-24-27-17-14-13-15-18-27)26(3)30-34(31,32)28-22-20-25(2)21-23-28/h13-15,17-18,20-23,26,29-30H,4-12,16,19,24H2,1-3H3/t26-,29+/m0/s1. The molecule has 2 aromatic carbocycles. The molecule has 2 rings (SSSR count). The van der Waals surface area contributed by atoms with Crippen molar-refractivity contribution in [2.75, 3.05) is 0 Å². The van der Waals surface area contributed by atoms with E-state index < -0.39 is 10.0 Å². The van der Waals surface area contributed by atoms with Crippen LogP contribution < -0.4 is 4.72 Å². The molecule has 4 nitrogen and oxygen atoms in total. The minimum atomic E-state index is -3.59. The van der Waals surface area contributed by atoms with Crippen LogP contribution in [-0.2, 0) is 21.4 Å². The second-order valence-corrected chi connectivity index (χ2v) is 11.2. The van der Waals surface area contributed by atoms with Crippen LogP contribution in [0.3, 0.4) is 0 Å². The Bertz CT molecular complexity index is 881. The number of sulfonamides is 1. The molecule has 0 radical (unpaired) electrons. The number of nitrogens with one attached hydrogen (secondary N) is 1. The average Bonchev–Trinajstić information content (AvgIpc) is 2.82. The summed E-state index contributed by atoms with van der Waals surface area (Å²) in [5, 5.41) is 0. The van der Waals surface area contributed by atoms with Gasteiger partial charge in [0.05, 0.1) is 17.6 Å². The van der Waals surface area contributed by atoms with Gasteiger partial charge in [0.1, 0.15) is 0 Å². The lowest BCUT2D eigenvalue weighted by molar-refractivity contribution is 0.0166. The second-order valence-electron chi connectivity index (χ2n) is 9.53. The Hall–Kier alpha value is -1.69. The first-order valence-electron chi connectivity index (χ1n) is 13.2. The molecule has 0 spiro atoms. The molecule has 2 atom stereocenters. The molecular formula is C29H45NO3S. The Kier molecular flexibility index (Phi) is 13.5. The van der Waals surface area contributed by atoms with Crippen LogP contribution in [0.1, 0.15) is 95.6 Å². The summed E-state index contributed by atoms with van der Waals surface area (Å²) in [6, 6.07) is 16.7. The normalized spacial score (nSPS) is 13.6. The number of ether oxygens (including phenoxy) is 1. The molecule has 0 saturated heterocycles. The van der Waals surface area contributed by atoms with E-state index >= 15 is 0 Å². The van der Waals surface area contributed by atoms with Crippen LogP contribution in [0.5, 0.6) is 0 Å².